The number of hydrogen-bond donors (Lipinski definition) is 2. The molecule has 9 nitrogen and oxygen atoms in total. The van der Waals surface area contributed by atoms with Crippen LogP contribution in [0.5, 0.6) is 0 Å². The van der Waals surface area contributed by atoms with Crippen LogP contribution in [0, 0.1) is 5.92 Å². The summed E-state index contributed by atoms with van der Waals surface area (Å²) in [5.74, 6) is -3.94. The molecule has 15 heteroatoms. The summed E-state index contributed by atoms with van der Waals surface area (Å²) in [5, 5.41) is 14.2. The zero-order valence-electron chi connectivity index (χ0n) is 18.6. The predicted octanol–water partition coefficient (Wildman–Crippen LogP) is 2.82. The van der Waals surface area contributed by atoms with Gasteiger partial charge in [0.25, 0.3) is 0 Å². The van der Waals surface area contributed by atoms with Crippen LogP contribution in [0.25, 0.3) is 0 Å². The molecule has 0 aliphatic carbocycles. The number of alkyl halides is 6. The quantitative estimate of drug-likeness (QED) is 0.585. The summed E-state index contributed by atoms with van der Waals surface area (Å²) in [6, 6.07) is 1.86. The first kappa shape index (κ1) is 28.6. The largest absolute Gasteiger partial charge is 0.490 e. The highest BCUT2D eigenvalue weighted by Crippen LogP contribution is 2.37. The Morgan fingerprint density at radius 3 is 1.89 bits per heavy atom. The lowest BCUT2D eigenvalue weighted by Gasteiger charge is -2.52. The Hall–Kier alpha value is -2.68. The van der Waals surface area contributed by atoms with E-state index in [1.165, 1.54) is 45.3 Å². The van der Waals surface area contributed by atoms with E-state index in [0.717, 1.165) is 31.6 Å². The Morgan fingerprint density at radius 2 is 1.49 bits per heavy atom. The summed E-state index contributed by atoms with van der Waals surface area (Å²) in [4.78, 5) is 31.3. The zero-order valence-corrected chi connectivity index (χ0v) is 18.6. The highest BCUT2D eigenvalue weighted by atomic mass is 19.4. The molecule has 1 atom stereocenters. The summed E-state index contributed by atoms with van der Waals surface area (Å²) in [6.07, 6.45) is -1.30. The number of anilines is 1. The highest BCUT2D eigenvalue weighted by molar-refractivity contribution is 5.73. The second kappa shape index (κ2) is 11.8. The van der Waals surface area contributed by atoms with Gasteiger partial charge in [-0.15, -0.1) is 0 Å². The number of carboxylic acids is 2. The van der Waals surface area contributed by atoms with Crippen molar-refractivity contribution in [2.75, 3.05) is 44.2 Å². The minimum absolute atomic E-state index is 0.0840. The topological polar surface area (TPSA) is 116 Å². The molecule has 35 heavy (non-hydrogen) atoms. The molecule has 0 saturated carbocycles. The van der Waals surface area contributed by atoms with Gasteiger partial charge in [0, 0.05) is 18.9 Å². The van der Waals surface area contributed by atoms with Gasteiger partial charge in [-0.3, -0.25) is 0 Å². The number of halogens is 6. The van der Waals surface area contributed by atoms with Gasteiger partial charge in [0.05, 0.1) is 19.7 Å². The van der Waals surface area contributed by atoms with Crippen LogP contribution in [-0.2, 0) is 14.3 Å². The lowest BCUT2D eigenvalue weighted by Crippen LogP contribution is -2.65. The van der Waals surface area contributed by atoms with E-state index in [9.17, 15) is 26.3 Å². The van der Waals surface area contributed by atoms with Gasteiger partial charge in [0.15, 0.2) is 0 Å². The summed E-state index contributed by atoms with van der Waals surface area (Å²) >= 11 is 0. The molecule has 4 heterocycles. The summed E-state index contributed by atoms with van der Waals surface area (Å²) in [7, 11) is 0. The van der Waals surface area contributed by atoms with Crippen molar-refractivity contribution in [3.05, 3.63) is 18.5 Å². The molecule has 4 rings (SSSR count). The van der Waals surface area contributed by atoms with Crippen LogP contribution < -0.4 is 4.90 Å². The number of nitrogens with zero attached hydrogens (tertiary/aromatic N) is 4. The van der Waals surface area contributed by atoms with Gasteiger partial charge in [0.1, 0.15) is 5.60 Å². The number of carbonyl (C=O) groups is 2. The molecule has 1 unspecified atom stereocenters. The van der Waals surface area contributed by atoms with E-state index < -0.39 is 24.3 Å². The van der Waals surface area contributed by atoms with Crippen LogP contribution in [0.3, 0.4) is 0 Å². The molecular formula is C20H26F6N4O5. The average molecular weight is 516 g/mol. The van der Waals surface area contributed by atoms with E-state index in [-0.39, 0.29) is 5.60 Å². The molecule has 0 aromatic carbocycles. The van der Waals surface area contributed by atoms with Gasteiger partial charge in [-0.1, -0.05) is 0 Å². The minimum Gasteiger partial charge on any atom is -0.475 e. The smallest absolute Gasteiger partial charge is 0.475 e. The monoisotopic (exact) mass is 516 g/mol. The molecule has 0 bridgehead atoms. The Labute approximate surface area is 196 Å². The third-order valence-electron chi connectivity index (χ3n) is 5.63. The van der Waals surface area contributed by atoms with E-state index in [0.29, 0.717) is 0 Å². The van der Waals surface area contributed by atoms with Gasteiger partial charge in [-0.25, -0.2) is 19.6 Å². The van der Waals surface area contributed by atoms with Crippen molar-refractivity contribution in [3.63, 3.8) is 0 Å². The molecule has 3 saturated heterocycles. The number of rotatable bonds is 3. The average Bonchev–Trinajstić information content (AvgIpc) is 3.26. The molecule has 3 fully saturated rings. The van der Waals surface area contributed by atoms with Crippen LogP contribution in [-0.4, -0.2) is 94.3 Å². The number of hydrogen-bond acceptors (Lipinski definition) is 7. The lowest BCUT2D eigenvalue weighted by atomic mass is 9.83. The molecular weight excluding hydrogens is 490 g/mol. The first-order valence-corrected chi connectivity index (χ1v) is 10.7. The summed E-state index contributed by atoms with van der Waals surface area (Å²) in [5.41, 5.74) is 0.0840. The van der Waals surface area contributed by atoms with Crippen LogP contribution in [0.15, 0.2) is 18.5 Å². The fraction of sp³-hybridized carbons (Fsp3) is 0.700. The van der Waals surface area contributed by atoms with E-state index in [4.69, 9.17) is 24.5 Å². The van der Waals surface area contributed by atoms with Crippen molar-refractivity contribution < 1.29 is 50.9 Å². The molecule has 3 aliphatic heterocycles. The molecule has 0 radical (unpaired) electrons. The Balaban J connectivity index is 0.000000257. The third-order valence-corrected chi connectivity index (χ3v) is 5.63. The normalized spacial score (nSPS) is 21.8. The van der Waals surface area contributed by atoms with Gasteiger partial charge >= 0.3 is 24.3 Å². The molecule has 1 aromatic heterocycles. The fourth-order valence-electron chi connectivity index (χ4n) is 3.89. The van der Waals surface area contributed by atoms with Crippen molar-refractivity contribution in [2.45, 2.75) is 43.6 Å². The van der Waals surface area contributed by atoms with Crippen LogP contribution in [0.1, 0.15) is 25.7 Å². The molecule has 1 spiro atoms. The number of ether oxygens (including phenoxy) is 1. The second-order valence-electron chi connectivity index (χ2n) is 8.42. The highest BCUT2D eigenvalue weighted by Gasteiger charge is 2.47. The SMILES string of the molecule is O=C(O)C(F)(F)F.O=C(O)C(F)(F)F.c1cnc(N2CC3(CCC(CN4CCCC4)CO3)C2)nc1. The standard InChI is InChI=1S/C16H24N4O.2C2HF3O2/c1-2-9-19(8-1)10-14-4-5-16(21-11-14)12-20(13-16)15-17-6-3-7-18-15;2*3-2(4,5)1(6)7/h3,6-7,14H,1-2,4-5,8-13H2;2*(H,6,7). The molecule has 3 aliphatic rings. The maximum absolute atomic E-state index is 10.6. The van der Waals surface area contributed by atoms with Gasteiger partial charge in [-0.05, 0) is 50.8 Å². The van der Waals surface area contributed by atoms with Crippen molar-refractivity contribution in [1.82, 2.24) is 14.9 Å². The first-order valence-electron chi connectivity index (χ1n) is 10.7. The third kappa shape index (κ3) is 9.12. The van der Waals surface area contributed by atoms with Gasteiger partial charge in [-0.2, -0.15) is 26.3 Å². The van der Waals surface area contributed by atoms with Crippen LogP contribution in [0.4, 0.5) is 32.3 Å². The molecule has 198 valence electrons. The van der Waals surface area contributed by atoms with E-state index >= 15 is 0 Å². The maximum atomic E-state index is 10.6. The number of likely N-dealkylation sites (tertiary alicyclic amines) is 1. The number of carboxylic acid groups (broad SMARTS) is 2. The van der Waals surface area contributed by atoms with Gasteiger partial charge < -0.3 is 24.7 Å². The Morgan fingerprint density at radius 1 is 1.00 bits per heavy atom. The van der Waals surface area contributed by atoms with E-state index in [2.05, 4.69) is 19.8 Å². The Bertz CT molecular complexity index is 794. The van der Waals surface area contributed by atoms with Crippen molar-refractivity contribution in [2.24, 2.45) is 5.92 Å². The van der Waals surface area contributed by atoms with Crippen LogP contribution in [0.2, 0.25) is 0 Å². The molecule has 1 aromatic rings. The number of aliphatic carboxylic acids is 2. The first-order chi connectivity index (χ1) is 16.2. The van der Waals surface area contributed by atoms with Gasteiger partial charge in [0.2, 0.25) is 5.95 Å². The van der Waals surface area contributed by atoms with Crippen molar-refractivity contribution >= 4 is 17.9 Å². The minimum atomic E-state index is -5.08. The molecule has 2 N–H and O–H groups in total. The van der Waals surface area contributed by atoms with E-state index in [1.54, 1.807) is 12.4 Å². The van der Waals surface area contributed by atoms with Crippen molar-refractivity contribution in [1.29, 1.82) is 0 Å². The second-order valence-corrected chi connectivity index (χ2v) is 8.42. The summed E-state index contributed by atoms with van der Waals surface area (Å²) in [6.45, 7) is 6.66. The predicted molar refractivity (Wildman–Crippen MR) is 109 cm³/mol. The van der Waals surface area contributed by atoms with Crippen LogP contribution >= 0.6 is 0 Å². The lowest BCUT2D eigenvalue weighted by molar-refractivity contribution is -0.193. The zero-order chi connectivity index (χ0) is 26.3. The number of aromatic nitrogens is 2. The fourth-order valence-corrected chi connectivity index (χ4v) is 3.89. The molecule has 0 amide bonds. The van der Waals surface area contributed by atoms with E-state index in [1.807, 2.05) is 6.07 Å². The maximum Gasteiger partial charge on any atom is 0.490 e. The summed E-state index contributed by atoms with van der Waals surface area (Å²) < 4.78 is 69.7. The van der Waals surface area contributed by atoms with Crippen molar-refractivity contribution in [3.8, 4) is 0 Å². The Kier molecular flexibility index (Phi) is 9.66.